The highest BCUT2D eigenvalue weighted by molar-refractivity contribution is 5.82. The normalized spacial score (nSPS) is 10.6. The molecule has 0 aromatic heterocycles. The highest BCUT2D eigenvalue weighted by Gasteiger charge is 2.05. The van der Waals surface area contributed by atoms with E-state index in [4.69, 9.17) is 16.2 Å². The van der Waals surface area contributed by atoms with Crippen LogP contribution in [0.4, 0.5) is 0 Å². The van der Waals surface area contributed by atoms with Gasteiger partial charge in [-0.25, -0.2) is 0 Å². The Balaban J connectivity index is 2.92. The first-order chi connectivity index (χ1) is 8.54. The Labute approximate surface area is 108 Å². The molecule has 0 bridgehead atoms. The van der Waals surface area contributed by atoms with Gasteiger partial charge < -0.3 is 16.2 Å². The van der Waals surface area contributed by atoms with Crippen molar-refractivity contribution in [3.05, 3.63) is 28.8 Å². The Morgan fingerprint density at radius 1 is 1.28 bits per heavy atom. The molecule has 1 rings (SSSR count). The molecule has 0 spiro atoms. The molecule has 18 heavy (non-hydrogen) atoms. The van der Waals surface area contributed by atoms with E-state index >= 15 is 0 Å². The van der Waals surface area contributed by atoms with Gasteiger partial charge in [0, 0.05) is 0 Å². The van der Waals surface area contributed by atoms with Gasteiger partial charge in [-0.15, -0.1) is 5.10 Å². The molecule has 0 atom stereocenters. The molecular weight excluding hydrogens is 228 g/mol. The smallest absolute Gasteiger partial charge is 0.211 e. The van der Waals surface area contributed by atoms with Crippen LogP contribution in [0.3, 0.4) is 0 Å². The van der Waals surface area contributed by atoms with Gasteiger partial charge in [-0.1, -0.05) is 6.92 Å². The summed E-state index contributed by atoms with van der Waals surface area (Å²) in [6, 6.07) is 3.98. The number of guanidine groups is 1. The monoisotopic (exact) mass is 248 g/mol. The molecule has 1 aromatic rings. The van der Waals surface area contributed by atoms with Crippen molar-refractivity contribution in [1.82, 2.24) is 0 Å². The molecule has 4 N–H and O–H groups in total. The summed E-state index contributed by atoms with van der Waals surface area (Å²) >= 11 is 0. The van der Waals surface area contributed by atoms with Gasteiger partial charge >= 0.3 is 0 Å². The third kappa shape index (κ3) is 4.08. The van der Waals surface area contributed by atoms with Crippen LogP contribution in [0.1, 0.15) is 30.0 Å². The molecule has 5 nitrogen and oxygen atoms in total. The second-order valence-corrected chi connectivity index (χ2v) is 4.10. The highest BCUT2D eigenvalue weighted by atomic mass is 16.5. The van der Waals surface area contributed by atoms with Crippen molar-refractivity contribution in [2.45, 2.75) is 27.2 Å². The fourth-order valence-electron chi connectivity index (χ4n) is 1.65. The van der Waals surface area contributed by atoms with Crippen molar-refractivity contribution in [1.29, 1.82) is 0 Å². The Hall–Kier alpha value is -2.04. The molecule has 1 aromatic carbocycles. The summed E-state index contributed by atoms with van der Waals surface area (Å²) in [7, 11) is 0. The molecule has 0 fully saturated rings. The van der Waals surface area contributed by atoms with Crippen LogP contribution < -0.4 is 16.2 Å². The van der Waals surface area contributed by atoms with Crippen molar-refractivity contribution in [3.63, 3.8) is 0 Å². The molecular formula is C13H20N4O. The largest absolute Gasteiger partial charge is 0.493 e. The summed E-state index contributed by atoms with van der Waals surface area (Å²) in [5.74, 6) is 0.887. The van der Waals surface area contributed by atoms with Gasteiger partial charge in [0.15, 0.2) is 0 Å². The third-order valence-electron chi connectivity index (χ3n) is 2.31. The second kappa shape index (κ2) is 6.64. The van der Waals surface area contributed by atoms with E-state index in [2.05, 4.69) is 17.1 Å². The zero-order chi connectivity index (χ0) is 13.5. The number of nitrogens with zero attached hydrogens (tertiary/aromatic N) is 2. The maximum absolute atomic E-state index is 5.70. The van der Waals surface area contributed by atoms with Crippen LogP contribution in [-0.2, 0) is 0 Å². The molecule has 0 unspecified atom stereocenters. The van der Waals surface area contributed by atoms with Gasteiger partial charge in [-0.3, -0.25) is 0 Å². The Bertz CT molecular complexity index is 439. The van der Waals surface area contributed by atoms with Gasteiger partial charge in [0.25, 0.3) is 0 Å². The Morgan fingerprint density at radius 3 is 2.39 bits per heavy atom. The summed E-state index contributed by atoms with van der Waals surface area (Å²) in [5.41, 5.74) is 13.5. The number of hydrogen-bond donors (Lipinski definition) is 2. The molecule has 0 heterocycles. The SMILES string of the molecule is CCCOc1c(C)cc(C=NN=C(N)N)cc1C. The number of ether oxygens (including phenoxy) is 1. The fourth-order valence-corrected chi connectivity index (χ4v) is 1.65. The van der Waals surface area contributed by atoms with E-state index in [9.17, 15) is 0 Å². The van der Waals surface area contributed by atoms with E-state index in [1.165, 1.54) is 0 Å². The molecule has 0 saturated carbocycles. The lowest BCUT2D eigenvalue weighted by molar-refractivity contribution is 0.313. The highest BCUT2D eigenvalue weighted by Crippen LogP contribution is 2.24. The summed E-state index contributed by atoms with van der Waals surface area (Å²) < 4.78 is 5.70. The molecule has 0 amide bonds. The van der Waals surface area contributed by atoms with Crippen LogP contribution in [0.15, 0.2) is 22.3 Å². The molecule has 0 aliphatic heterocycles. The third-order valence-corrected chi connectivity index (χ3v) is 2.31. The van der Waals surface area contributed by atoms with Gasteiger partial charge in [0.05, 0.1) is 12.8 Å². The summed E-state index contributed by atoms with van der Waals surface area (Å²) in [4.78, 5) is 0. The van der Waals surface area contributed by atoms with Crippen molar-refractivity contribution in [2.24, 2.45) is 21.7 Å². The summed E-state index contributed by atoms with van der Waals surface area (Å²) in [6.07, 6.45) is 2.61. The molecule has 0 radical (unpaired) electrons. The van der Waals surface area contributed by atoms with E-state index in [-0.39, 0.29) is 5.96 Å². The van der Waals surface area contributed by atoms with Gasteiger partial charge in [0.2, 0.25) is 5.96 Å². The standard InChI is InChI=1S/C13H20N4O/c1-4-5-18-12-9(2)6-11(7-10(12)3)8-16-17-13(14)15/h6-8H,4-5H2,1-3H3,(H4,14,15,17). The van der Waals surface area contributed by atoms with Crippen molar-refractivity contribution >= 4 is 12.2 Å². The number of hydrogen-bond acceptors (Lipinski definition) is 3. The lowest BCUT2D eigenvalue weighted by Gasteiger charge is -2.12. The molecule has 0 saturated heterocycles. The van der Waals surface area contributed by atoms with Crippen LogP contribution in [0, 0.1) is 13.8 Å². The van der Waals surface area contributed by atoms with Crippen molar-refractivity contribution in [3.8, 4) is 5.75 Å². The molecule has 0 aliphatic carbocycles. The van der Waals surface area contributed by atoms with Crippen LogP contribution in [0.2, 0.25) is 0 Å². The fraction of sp³-hybridized carbons (Fsp3) is 0.385. The zero-order valence-corrected chi connectivity index (χ0v) is 11.1. The summed E-state index contributed by atoms with van der Waals surface area (Å²) in [6.45, 7) is 6.83. The van der Waals surface area contributed by atoms with Crippen LogP contribution in [0.5, 0.6) is 5.75 Å². The van der Waals surface area contributed by atoms with E-state index in [0.717, 1.165) is 35.5 Å². The van der Waals surface area contributed by atoms with E-state index in [0.29, 0.717) is 0 Å². The first-order valence-corrected chi connectivity index (χ1v) is 5.90. The lowest BCUT2D eigenvalue weighted by atomic mass is 10.1. The van der Waals surface area contributed by atoms with E-state index in [1.807, 2.05) is 26.0 Å². The first-order valence-electron chi connectivity index (χ1n) is 5.90. The minimum Gasteiger partial charge on any atom is -0.493 e. The van der Waals surface area contributed by atoms with Crippen LogP contribution in [-0.4, -0.2) is 18.8 Å². The van der Waals surface area contributed by atoms with Gasteiger partial charge in [0.1, 0.15) is 5.75 Å². The van der Waals surface area contributed by atoms with Gasteiger partial charge in [-0.05, 0) is 49.1 Å². The van der Waals surface area contributed by atoms with E-state index in [1.54, 1.807) is 6.21 Å². The summed E-state index contributed by atoms with van der Waals surface area (Å²) in [5, 5.41) is 7.35. The van der Waals surface area contributed by atoms with Gasteiger partial charge in [-0.2, -0.15) is 5.10 Å². The average Bonchev–Trinajstić information content (AvgIpc) is 2.27. The number of benzene rings is 1. The Kier molecular flexibility index (Phi) is 5.17. The number of aryl methyl sites for hydroxylation is 2. The topological polar surface area (TPSA) is 86.0 Å². The molecule has 0 aliphatic rings. The zero-order valence-electron chi connectivity index (χ0n) is 11.1. The van der Waals surface area contributed by atoms with Crippen LogP contribution >= 0.6 is 0 Å². The maximum Gasteiger partial charge on any atom is 0.211 e. The van der Waals surface area contributed by atoms with Crippen molar-refractivity contribution in [2.75, 3.05) is 6.61 Å². The molecule has 5 heteroatoms. The quantitative estimate of drug-likeness (QED) is 0.472. The first kappa shape index (κ1) is 14.0. The van der Waals surface area contributed by atoms with E-state index < -0.39 is 0 Å². The minimum absolute atomic E-state index is 0.0532. The van der Waals surface area contributed by atoms with Crippen molar-refractivity contribution < 1.29 is 4.74 Å². The maximum atomic E-state index is 5.70. The van der Waals surface area contributed by atoms with Crippen LogP contribution in [0.25, 0.3) is 0 Å². The number of nitrogens with two attached hydrogens (primary N) is 2. The Morgan fingerprint density at radius 2 is 1.89 bits per heavy atom. The number of rotatable bonds is 5. The second-order valence-electron chi connectivity index (χ2n) is 4.10. The predicted molar refractivity (Wildman–Crippen MR) is 75.1 cm³/mol. The molecule has 98 valence electrons. The lowest BCUT2D eigenvalue weighted by Crippen LogP contribution is -2.21. The minimum atomic E-state index is -0.0532. The average molecular weight is 248 g/mol. The predicted octanol–water partition coefficient (Wildman–Crippen LogP) is 1.70.